The van der Waals surface area contributed by atoms with E-state index in [4.69, 9.17) is 3.07 Å². The molecule has 0 aliphatic carbocycles. The zero-order chi connectivity index (χ0) is 13.1. The number of ketones is 1. The summed E-state index contributed by atoms with van der Waals surface area (Å²) >= 11 is 1.90. The Morgan fingerprint density at radius 2 is 1.94 bits per heavy atom. The van der Waals surface area contributed by atoms with Crippen LogP contribution in [-0.2, 0) is 9.49 Å². The largest absolute Gasteiger partial charge is 0.312 e. The van der Waals surface area contributed by atoms with Crippen molar-refractivity contribution in [2.75, 3.05) is 0 Å². The number of hydrogen-bond acceptors (Lipinski definition) is 2. The van der Waals surface area contributed by atoms with Crippen LogP contribution < -0.4 is 0 Å². The summed E-state index contributed by atoms with van der Waals surface area (Å²) in [6.07, 6.45) is 0.880. The molecule has 0 fully saturated rings. The van der Waals surface area contributed by atoms with Gasteiger partial charge in [0, 0.05) is 17.4 Å². The van der Waals surface area contributed by atoms with E-state index in [0.29, 0.717) is 0 Å². The zero-order valence-electron chi connectivity index (χ0n) is 10.8. The Labute approximate surface area is 117 Å². The minimum Gasteiger partial charge on any atom is -0.312 e. The first-order chi connectivity index (χ1) is 7.86. The van der Waals surface area contributed by atoms with Gasteiger partial charge in [-0.2, -0.15) is 0 Å². The highest BCUT2D eigenvalue weighted by molar-refractivity contribution is 14.1. The first kappa shape index (κ1) is 14.6. The molecule has 0 heterocycles. The summed E-state index contributed by atoms with van der Waals surface area (Å²) in [5.74, 6) is 0.189. The highest BCUT2D eigenvalue weighted by atomic mass is 127. The molecule has 0 spiro atoms. The first-order valence-electron chi connectivity index (χ1n) is 5.76. The van der Waals surface area contributed by atoms with Gasteiger partial charge in [0.2, 0.25) is 0 Å². The molecule has 1 aromatic carbocycles. The molecule has 0 N–H and O–H groups in total. The fourth-order valence-corrected chi connectivity index (χ4v) is 1.84. The van der Waals surface area contributed by atoms with E-state index in [2.05, 4.69) is 0 Å². The molecule has 94 valence electrons. The molecule has 0 amide bonds. The lowest BCUT2D eigenvalue weighted by atomic mass is 9.84. The Morgan fingerprint density at radius 1 is 1.35 bits per heavy atom. The molecule has 0 saturated heterocycles. The lowest BCUT2D eigenvalue weighted by Gasteiger charge is -2.19. The highest BCUT2D eigenvalue weighted by Gasteiger charge is 2.25. The van der Waals surface area contributed by atoms with Crippen molar-refractivity contribution in [3.63, 3.8) is 0 Å². The molecule has 1 unspecified atom stereocenters. The number of rotatable bonds is 4. The van der Waals surface area contributed by atoms with Crippen LogP contribution in [-0.4, -0.2) is 11.9 Å². The molecule has 0 saturated carbocycles. The van der Waals surface area contributed by atoms with Gasteiger partial charge in [0.15, 0.2) is 5.78 Å². The summed E-state index contributed by atoms with van der Waals surface area (Å²) in [6.45, 7) is 7.85. The van der Waals surface area contributed by atoms with Gasteiger partial charge in [-0.3, -0.25) is 4.79 Å². The molecule has 3 heteroatoms. The van der Waals surface area contributed by atoms with Crippen LogP contribution in [0.2, 0.25) is 0 Å². The van der Waals surface area contributed by atoms with Crippen molar-refractivity contribution in [1.82, 2.24) is 0 Å². The fraction of sp³-hybridized carbons (Fsp3) is 0.500. The third kappa shape index (κ3) is 4.07. The smallest absolute Gasteiger partial charge is 0.168 e. The molecule has 0 aliphatic heterocycles. The molecular formula is C14H19IO2. The van der Waals surface area contributed by atoms with Crippen molar-refractivity contribution in [1.29, 1.82) is 0 Å². The van der Waals surface area contributed by atoms with Gasteiger partial charge < -0.3 is 3.07 Å². The van der Waals surface area contributed by atoms with E-state index < -0.39 is 0 Å². The van der Waals surface area contributed by atoms with Crippen molar-refractivity contribution in [3.05, 3.63) is 35.4 Å². The number of carbonyl (C=O) groups is 1. The van der Waals surface area contributed by atoms with Crippen LogP contribution in [0.3, 0.4) is 0 Å². The van der Waals surface area contributed by atoms with Crippen LogP contribution in [0.25, 0.3) is 0 Å². The maximum atomic E-state index is 12.3. The van der Waals surface area contributed by atoms with Gasteiger partial charge in [-0.1, -0.05) is 45.0 Å². The van der Waals surface area contributed by atoms with Gasteiger partial charge in [0.1, 0.15) is 23.0 Å². The van der Waals surface area contributed by atoms with E-state index in [1.807, 2.05) is 75.0 Å². The average molecular weight is 346 g/mol. The lowest BCUT2D eigenvalue weighted by Crippen LogP contribution is -2.22. The van der Waals surface area contributed by atoms with Gasteiger partial charge in [-0.05, 0) is 12.5 Å². The highest BCUT2D eigenvalue weighted by Crippen LogP contribution is 2.24. The monoisotopic (exact) mass is 346 g/mol. The zero-order valence-corrected chi connectivity index (χ0v) is 12.9. The Morgan fingerprint density at radius 3 is 2.47 bits per heavy atom. The molecule has 2 nitrogen and oxygen atoms in total. The second kappa shape index (κ2) is 5.96. The molecule has 1 atom stereocenters. The Hall–Kier alpha value is -0.420. The van der Waals surface area contributed by atoms with Crippen LogP contribution in [0.5, 0.6) is 0 Å². The van der Waals surface area contributed by atoms with Crippen molar-refractivity contribution in [3.8, 4) is 0 Å². The minimum atomic E-state index is -0.343. The maximum Gasteiger partial charge on any atom is 0.168 e. The number of halogens is 1. The Bertz CT molecular complexity index is 393. The van der Waals surface area contributed by atoms with E-state index in [1.54, 1.807) is 0 Å². The van der Waals surface area contributed by atoms with Crippen LogP contribution in [0, 0.1) is 5.41 Å². The summed E-state index contributed by atoms with van der Waals surface area (Å²) < 4.78 is 5.23. The van der Waals surface area contributed by atoms with E-state index in [-0.39, 0.29) is 17.3 Å². The normalized spacial score (nSPS) is 13.5. The summed E-state index contributed by atoms with van der Waals surface area (Å²) in [4.78, 5) is 12.3. The first-order valence-corrected chi connectivity index (χ1v) is 6.64. The topological polar surface area (TPSA) is 26.3 Å². The standard InChI is InChI=1S/C14H19IO2/c1-10(17-15)9-11-7-5-6-8-12(11)13(16)14(2,3)4/h5-8,10H,9H2,1-4H3. The van der Waals surface area contributed by atoms with E-state index in [0.717, 1.165) is 17.5 Å². The summed E-state index contributed by atoms with van der Waals surface area (Å²) in [5, 5.41) is 0. The average Bonchev–Trinajstić information content (AvgIpc) is 2.27. The Kier molecular flexibility index (Phi) is 5.13. The molecule has 1 rings (SSSR count). The van der Waals surface area contributed by atoms with Gasteiger partial charge in [0.05, 0.1) is 6.10 Å². The lowest BCUT2D eigenvalue weighted by molar-refractivity contribution is 0.0857. The molecule has 0 radical (unpaired) electrons. The third-order valence-corrected chi connectivity index (χ3v) is 3.47. The minimum absolute atomic E-state index is 0.115. The van der Waals surface area contributed by atoms with Gasteiger partial charge >= 0.3 is 0 Å². The predicted molar refractivity (Wildman–Crippen MR) is 78.5 cm³/mol. The van der Waals surface area contributed by atoms with Gasteiger partial charge in [-0.25, -0.2) is 0 Å². The van der Waals surface area contributed by atoms with Crippen LogP contribution >= 0.6 is 23.0 Å². The van der Waals surface area contributed by atoms with Crippen molar-refractivity contribution in [2.24, 2.45) is 5.41 Å². The predicted octanol–water partition coefficient (Wildman–Crippen LogP) is 4.21. The molecule has 0 bridgehead atoms. The molecule has 17 heavy (non-hydrogen) atoms. The third-order valence-electron chi connectivity index (χ3n) is 2.60. The van der Waals surface area contributed by atoms with E-state index >= 15 is 0 Å². The summed E-state index contributed by atoms with van der Waals surface area (Å²) in [5.41, 5.74) is 1.54. The SMILES string of the molecule is CC(Cc1ccccc1C(=O)C(C)(C)C)OI. The fourth-order valence-electron chi connectivity index (χ4n) is 1.67. The number of Topliss-reactive ketones (excluding diaryl/α,β-unsaturated/α-hetero) is 1. The quantitative estimate of drug-likeness (QED) is 0.603. The summed E-state index contributed by atoms with van der Waals surface area (Å²) in [6, 6.07) is 7.79. The van der Waals surface area contributed by atoms with Crippen molar-refractivity contribution < 1.29 is 7.86 Å². The van der Waals surface area contributed by atoms with Crippen LogP contribution in [0.1, 0.15) is 43.6 Å². The maximum absolute atomic E-state index is 12.3. The summed E-state index contributed by atoms with van der Waals surface area (Å²) in [7, 11) is 0. The second-order valence-electron chi connectivity index (χ2n) is 5.34. The van der Waals surface area contributed by atoms with Gasteiger partial charge in [0.25, 0.3) is 0 Å². The second-order valence-corrected chi connectivity index (χ2v) is 5.85. The Balaban J connectivity index is 3.04. The van der Waals surface area contributed by atoms with Crippen molar-refractivity contribution >= 4 is 28.8 Å². The van der Waals surface area contributed by atoms with E-state index in [9.17, 15) is 4.79 Å². The molecule has 0 aromatic heterocycles. The molecule has 0 aliphatic rings. The van der Waals surface area contributed by atoms with E-state index in [1.165, 1.54) is 0 Å². The van der Waals surface area contributed by atoms with Crippen molar-refractivity contribution in [2.45, 2.75) is 40.2 Å². The molecule has 1 aromatic rings. The van der Waals surface area contributed by atoms with Crippen LogP contribution in [0.4, 0.5) is 0 Å². The number of hydrogen-bond donors (Lipinski definition) is 0. The number of carbonyl (C=O) groups excluding carboxylic acids is 1. The molecular weight excluding hydrogens is 327 g/mol. The van der Waals surface area contributed by atoms with Crippen LogP contribution in [0.15, 0.2) is 24.3 Å². The number of benzene rings is 1. The van der Waals surface area contributed by atoms with Gasteiger partial charge in [-0.15, -0.1) is 0 Å².